The zero-order chi connectivity index (χ0) is 18.8. The highest BCUT2D eigenvalue weighted by atomic mass is 19.1. The quantitative estimate of drug-likeness (QED) is 0.414. The summed E-state index contributed by atoms with van der Waals surface area (Å²) in [6.07, 6.45) is 6.99. The molecular formula is C25H26F2. The predicted octanol–water partition coefficient (Wildman–Crippen LogP) is 7.39. The van der Waals surface area contributed by atoms with E-state index in [2.05, 4.69) is 13.0 Å². The summed E-state index contributed by atoms with van der Waals surface area (Å²) < 4.78 is 27.8. The van der Waals surface area contributed by atoms with E-state index in [0.29, 0.717) is 11.3 Å². The van der Waals surface area contributed by atoms with Crippen molar-refractivity contribution in [1.29, 1.82) is 0 Å². The summed E-state index contributed by atoms with van der Waals surface area (Å²) in [6, 6.07) is 16.4. The molecule has 3 aromatic rings. The van der Waals surface area contributed by atoms with Crippen LogP contribution in [0.3, 0.4) is 0 Å². The summed E-state index contributed by atoms with van der Waals surface area (Å²) in [7, 11) is 0. The highest BCUT2D eigenvalue weighted by molar-refractivity contribution is 5.88. The topological polar surface area (TPSA) is 0 Å². The second kappa shape index (κ2) is 7.80. The lowest BCUT2D eigenvalue weighted by Crippen LogP contribution is -2.22. The van der Waals surface area contributed by atoms with Crippen LogP contribution in [0, 0.1) is 17.6 Å². The van der Waals surface area contributed by atoms with E-state index in [1.165, 1.54) is 48.4 Å². The van der Waals surface area contributed by atoms with E-state index in [-0.39, 0.29) is 17.6 Å². The molecule has 1 aliphatic rings. The van der Waals surface area contributed by atoms with Crippen LogP contribution in [-0.4, -0.2) is 0 Å². The van der Waals surface area contributed by atoms with Crippen LogP contribution < -0.4 is 0 Å². The van der Waals surface area contributed by atoms with Crippen LogP contribution in [0.1, 0.15) is 61.6 Å². The van der Waals surface area contributed by atoms with Gasteiger partial charge in [-0.05, 0) is 65.5 Å². The summed E-state index contributed by atoms with van der Waals surface area (Å²) in [6.45, 7) is 2.23. The first kappa shape index (κ1) is 18.2. The molecule has 2 atom stereocenters. The molecule has 0 spiro atoms. The van der Waals surface area contributed by atoms with E-state index in [1.807, 2.05) is 24.3 Å². The Balaban J connectivity index is 1.81. The molecule has 0 nitrogen and oxygen atoms in total. The fourth-order valence-corrected chi connectivity index (χ4v) is 4.81. The first-order chi connectivity index (χ1) is 13.2. The molecule has 0 aliphatic heterocycles. The van der Waals surface area contributed by atoms with Crippen molar-refractivity contribution >= 4 is 10.8 Å². The van der Waals surface area contributed by atoms with Crippen LogP contribution in [0.4, 0.5) is 8.78 Å². The molecule has 0 aromatic heterocycles. The number of aryl methyl sites for hydroxylation is 1. The summed E-state index contributed by atoms with van der Waals surface area (Å²) in [5, 5.41) is 1.74. The van der Waals surface area contributed by atoms with Crippen molar-refractivity contribution in [3.05, 3.63) is 82.9 Å². The van der Waals surface area contributed by atoms with Gasteiger partial charge in [0.25, 0.3) is 0 Å². The fourth-order valence-electron chi connectivity index (χ4n) is 4.81. The average molecular weight is 364 g/mol. The van der Waals surface area contributed by atoms with Crippen LogP contribution >= 0.6 is 0 Å². The maximum absolute atomic E-state index is 14.3. The van der Waals surface area contributed by atoms with Gasteiger partial charge in [-0.1, -0.05) is 62.6 Å². The predicted molar refractivity (Wildman–Crippen MR) is 108 cm³/mol. The minimum atomic E-state index is -0.196. The van der Waals surface area contributed by atoms with Crippen molar-refractivity contribution in [2.24, 2.45) is 5.92 Å². The minimum Gasteiger partial charge on any atom is -0.207 e. The van der Waals surface area contributed by atoms with Gasteiger partial charge in [-0.2, -0.15) is 0 Å². The molecule has 0 N–H and O–H groups in total. The molecule has 140 valence electrons. The van der Waals surface area contributed by atoms with Crippen molar-refractivity contribution in [2.45, 2.75) is 51.4 Å². The van der Waals surface area contributed by atoms with Gasteiger partial charge in [-0.3, -0.25) is 0 Å². The largest absolute Gasteiger partial charge is 0.207 e. The summed E-state index contributed by atoms with van der Waals surface area (Å²) in [5.41, 5.74) is 3.75. The third-order valence-corrected chi connectivity index (χ3v) is 6.14. The van der Waals surface area contributed by atoms with Gasteiger partial charge >= 0.3 is 0 Å². The molecule has 3 aromatic carbocycles. The normalized spacial score (nSPS) is 19.2. The Hall–Kier alpha value is -2.22. The number of hydrogen-bond acceptors (Lipinski definition) is 0. The number of rotatable bonds is 5. The van der Waals surface area contributed by atoms with Crippen molar-refractivity contribution in [1.82, 2.24) is 0 Å². The third-order valence-electron chi connectivity index (χ3n) is 6.14. The lowest BCUT2D eigenvalue weighted by molar-refractivity contribution is 0.369. The molecule has 0 radical (unpaired) electrons. The standard InChI is InChI=1S/C25H26F2/c1-2-3-4-6-17-11-14-21-20-7-5-8-24(27)22(20)15-16-23(21)25(17)18-9-12-19(26)13-10-18/h5,7-10,12-13,15-17,25H,2-4,6,11,14H2,1H3/t17-,25-/m1/s1. The van der Waals surface area contributed by atoms with Gasteiger partial charge < -0.3 is 0 Å². The number of benzene rings is 3. The molecule has 0 saturated heterocycles. The molecule has 0 bridgehead atoms. The second-order valence-corrected chi connectivity index (χ2v) is 7.79. The lowest BCUT2D eigenvalue weighted by Gasteiger charge is -2.35. The number of unbranched alkanes of at least 4 members (excludes halogenated alkanes) is 2. The zero-order valence-corrected chi connectivity index (χ0v) is 15.8. The number of halogens is 2. The Bertz CT molecular complexity index is 927. The Labute approximate surface area is 160 Å². The fraction of sp³-hybridized carbons (Fsp3) is 0.360. The van der Waals surface area contributed by atoms with Gasteiger partial charge in [-0.25, -0.2) is 8.78 Å². The van der Waals surface area contributed by atoms with E-state index in [9.17, 15) is 8.78 Å². The first-order valence-electron chi connectivity index (χ1n) is 10.1. The highest BCUT2D eigenvalue weighted by Gasteiger charge is 2.31. The van der Waals surface area contributed by atoms with Crippen molar-refractivity contribution in [3.8, 4) is 0 Å². The van der Waals surface area contributed by atoms with Crippen LogP contribution in [0.5, 0.6) is 0 Å². The Morgan fingerprint density at radius 1 is 0.889 bits per heavy atom. The molecule has 1 aliphatic carbocycles. The Morgan fingerprint density at radius 3 is 2.48 bits per heavy atom. The second-order valence-electron chi connectivity index (χ2n) is 7.79. The summed E-state index contributed by atoms with van der Waals surface area (Å²) in [4.78, 5) is 0. The monoisotopic (exact) mass is 364 g/mol. The maximum Gasteiger partial charge on any atom is 0.131 e. The van der Waals surface area contributed by atoms with Crippen molar-refractivity contribution < 1.29 is 8.78 Å². The average Bonchev–Trinajstić information content (AvgIpc) is 2.69. The van der Waals surface area contributed by atoms with Crippen molar-refractivity contribution in [3.63, 3.8) is 0 Å². The van der Waals surface area contributed by atoms with Gasteiger partial charge in [0.1, 0.15) is 11.6 Å². The zero-order valence-electron chi connectivity index (χ0n) is 15.8. The maximum atomic E-state index is 14.3. The van der Waals surface area contributed by atoms with E-state index in [4.69, 9.17) is 0 Å². The van der Waals surface area contributed by atoms with E-state index in [0.717, 1.165) is 18.2 Å². The SMILES string of the molecule is CCCCC[C@@H]1CCc2c(ccc3c(F)cccc23)[C@H]1c1ccc(F)cc1. The molecule has 27 heavy (non-hydrogen) atoms. The van der Waals surface area contributed by atoms with Gasteiger partial charge in [0.05, 0.1) is 0 Å². The molecule has 4 rings (SSSR count). The van der Waals surface area contributed by atoms with Gasteiger partial charge in [0.15, 0.2) is 0 Å². The third kappa shape index (κ3) is 3.50. The molecule has 0 saturated carbocycles. The van der Waals surface area contributed by atoms with Crippen LogP contribution in [0.15, 0.2) is 54.6 Å². The molecule has 0 unspecified atom stereocenters. The summed E-state index contributed by atoms with van der Waals surface area (Å²) >= 11 is 0. The number of hydrogen-bond donors (Lipinski definition) is 0. The highest BCUT2D eigenvalue weighted by Crippen LogP contribution is 2.45. The first-order valence-corrected chi connectivity index (χ1v) is 10.1. The van der Waals surface area contributed by atoms with E-state index >= 15 is 0 Å². The molecule has 0 fully saturated rings. The van der Waals surface area contributed by atoms with Gasteiger partial charge in [0, 0.05) is 11.3 Å². The van der Waals surface area contributed by atoms with E-state index in [1.54, 1.807) is 18.2 Å². The van der Waals surface area contributed by atoms with E-state index < -0.39 is 0 Å². The van der Waals surface area contributed by atoms with Crippen molar-refractivity contribution in [2.75, 3.05) is 0 Å². The minimum absolute atomic E-state index is 0.154. The summed E-state index contributed by atoms with van der Waals surface area (Å²) in [5.74, 6) is 0.469. The van der Waals surface area contributed by atoms with Gasteiger partial charge in [-0.15, -0.1) is 0 Å². The molecule has 0 amide bonds. The molecule has 0 heterocycles. The van der Waals surface area contributed by atoms with Crippen LogP contribution in [0.2, 0.25) is 0 Å². The molecular weight excluding hydrogens is 338 g/mol. The van der Waals surface area contributed by atoms with Crippen LogP contribution in [0.25, 0.3) is 10.8 Å². The van der Waals surface area contributed by atoms with Gasteiger partial charge in [0.2, 0.25) is 0 Å². The smallest absolute Gasteiger partial charge is 0.131 e. The molecule has 2 heteroatoms. The van der Waals surface area contributed by atoms with Crippen LogP contribution in [-0.2, 0) is 6.42 Å². The number of fused-ring (bicyclic) bond motifs is 3. The Morgan fingerprint density at radius 2 is 1.70 bits per heavy atom. The Kier molecular flexibility index (Phi) is 5.24. The lowest BCUT2D eigenvalue weighted by atomic mass is 9.69.